The Balaban J connectivity index is 0.00000465. The summed E-state index contributed by atoms with van der Waals surface area (Å²) in [5.74, 6) is -0.153. The molecular formula is C60H89N9O16. The van der Waals surface area contributed by atoms with Gasteiger partial charge >= 0.3 is 11.9 Å². The van der Waals surface area contributed by atoms with Crippen LogP contribution < -0.4 is 14.8 Å². The number of carboxylic acids is 1. The van der Waals surface area contributed by atoms with Gasteiger partial charge in [0.25, 0.3) is 5.91 Å². The van der Waals surface area contributed by atoms with Crippen molar-refractivity contribution in [1.82, 2.24) is 45.2 Å². The Morgan fingerprint density at radius 3 is 1.87 bits per heavy atom. The highest BCUT2D eigenvalue weighted by Gasteiger charge is 2.73. The van der Waals surface area contributed by atoms with Crippen LogP contribution in [0.25, 0.3) is 0 Å². The summed E-state index contributed by atoms with van der Waals surface area (Å²) < 4.78 is 56.7. The molecule has 85 heavy (non-hydrogen) atoms. The number of nitrogens with zero attached hydrogens (tertiary/aromatic N) is 8. The van der Waals surface area contributed by atoms with Gasteiger partial charge in [-0.2, -0.15) is 0 Å². The molecule has 1 spiro atoms. The number of carbonyl (C=O) groups excluding carboxylic acids is 2. The fourth-order valence-corrected chi connectivity index (χ4v) is 12.1. The van der Waals surface area contributed by atoms with Crippen molar-refractivity contribution < 1.29 is 77.4 Å². The van der Waals surface area contributed by atoms with E-state index in [1.807, 2.05) is 33.8 Å². The summed E-state index contributed by atoms with van der Waals surface area (Å²) in [6.45, 7) is 13.6. The molecule has 2 bridgehead atoms. The number of nitrogens with one attached hydrogen (secondary N) is 1. The first kappa shape index (κ1) is 65.4. The molecule has 470 valence electrons. The summed E-state index contributed by atoms with van der Waals surface area (Å²) >= 11 is 0. The number of aromatic nitrogens is 7. The van der Waals surface area contributed by atoms with E-state index in [2.05, 4.69) is 35.8 Å². The fraction of sp³-hybridized carbons (Fsp3) is 0.700. The molecule has 4 unspecified atom stereocenters. The number of likely N-dealkylation sites (tertiary alicyclic amines) is 1. The molecule has 5 aliphatic rings. The molecule has 1 aromatic carbocycles. The van der Waals surface area contributed by atoms with Gasteiger partial charge in [0.15, 0.2) is 11.5 Å². The Labute approximate surface area is 497 Å². The summed E-state index contributed by atoms with van der Waals surface area (Å²) in [5, 5.41) is 62.5. The van der Waals surface area contributed by atoms with E-state index >= 15 is 0 Å². The first-order chi connectivity index (χ1) is 41.4. The van der Waals surface area contributed by atoms with Gasteiger partial charge in [-0.05, 0) is 87.6 Å². The number of rotatable bonds is 39. The smallest absolute Gasteiger partial charge is 0.313 e. The van der Waals surface area contributed by atoms with Crippen molar-refractivity contribution in [2.45, 2.75) is 147 Å². The van der Waals surface area contributed by atoms with Crippen LogP contribution in [0.3, 0.4) is 0 Å². The topological polar surface area (TPSA) is 305 Å². The van der Waals surface area contributed by atoms with E-state index in [0.29, 0.717) is 119 Å². The third-order valence-electron chi connectivity index (χ3n) is 17.3. The second-order valence-corrected chi connectivity index (χ2v) is 22.9. The maximum absolute atomic E-state index is 13.5. The van der Waals surface area contributed by atoms with E-state index in [0.717, 1.165) is 24.2 Å². The van der Waals surface area contributed by atoms with Gasteiger partial charge in [0.1, 0.15) is 17.5 Å². The zero-order chi connectivity index (χ0) is 60.3. The molecule has 1 amide bonds. The lowest BCUT2D eigenvalue weighted by molar-refractivity contribution is -0.191. The molecule has 1 saturated heterocycles. The van der Waals surface area contributed by atoms with Crippen molar-refractivity contribution in [2.75, 3.05) is 106 Å². The standard InChI is InChI=1S/C58H83N9O16.C2H6/c1-3-55(35-68,37-79-33-44-31-66(63-61-44)19-23-77-27-25-75-21-12-49(70)71)39-81-40-56(4-2,36-69)38-80-34-45-32-67(64-62-45)20-24-78-28-26-76-22-13-50(72)82-47-8-7-43-29-48-58(74)14-9-46(60-54(73)42-10-16-59-17-11-42)53-57(58,51(43)52(47)83-53)15-18-65(48)30-41-5-6-41;1-2/h7-8,10-11,16-17,31-32,41,46,48,53,68-69,74H,3-6,9,12-15,18-30,33-40H2,1-2H3,(H,60,73)(H,70,71);1-2H3/t46-,48?,53+,55?,56?,57?,58-;/m1./s1. The van der Waals surface area contributed by atoms with Crippen molar-refractivity contribution in [3.63, 3.8) is 0 Å². The van der Waals surface area contributed by atoms with Crippen LogP contribution in [0.4, 0.5) is 0 Å². The number of amides is 1. The van der Waals surface area contributed by atoms with E-state index in [1.54, 1.807) is 52.4 Å². The van der Waals surface area contributed by atoms with Gasteiger partial charge in [-0.25, -0.2) is 9.36 Å². The number of carboxylic acid groups (broad SMARTS) is 1. The van der Waals surface area contributed by atoms with Gasteiger partial charge in [0.05, 0.1) is 161 Å². The van der Waals surface area contributed by atoms with Crippen LogP contribution in [0.15, 0.2) is 49.1 Å². The first-order valence-corrected chi connectivity index (χ1v) is 30.3. The molecule has 2 aliphatic heterocycles. The minimum absolute atomic E-state index is 0.00102. The second kappa shape index (κ2) is 31.4. The molecule has 3 fully saturated rings. The molecule has 9 rings (SSSR count). The van der Waals surface area contributed by atoms with Crippen LogP contribution in [0.2, 0.25) is 0 Å². The van der Waals surface area contributed by atoms with Gasteiger partial charge < -0.3 is 68.4 Å². The Hall–Kier alpha value is -5.58. The van der Waals surface area contributed by atoms with Crippen LogP contribution in [0.1, 0.15) is 118 Å². The maximum Gasteiger partial charge on any atom is 0.313 e. The molecule has 5 N–H and O–H groups in total. The van der Waals surface area contributed by atoms with Crippen molar-refractivity contribution in [3.05, 3.63) is 77.1 Å². The average Bonchev–Trinajstić information content (AvgIpc) is 1.62. The monoisotopic (exact) mass is 1190 g/mol. The summed E-state index contributed by atoms with van der Waals surface area (Å²) in [6.07, 6.45) is 12.1. The predicted octanol–water partition coefficient (Wildman–Crippen LogP) is 3.72. The Bertz CT molecular complexity index is 2720. The number of esters is 1. The fourth-order valence-electron chi connectivity index (χ4n) is 12.1. The highest BCUT2D eigenvalue weighted by molar-refractivity contribution is 5.94. The summed E-state index contributed by atoms with van der Waals surface area (Å²) in [7, 11) is 0. The van der Waals surface area contributed by atoms with Crippen LogP contribution in [-0.2, 0) is 80.9 Å². The predicted molar refractivity (Wildman–Crippen MR) is 306 cm³/mol. The summed E-state index contributed by atoms with van der Waals surface area (Å²) in [4.78, 5) is 44.0. The summed E-state index contributed by atoms with van der Waals surface area (Å²) in [6, 6.07) is 6.72. The van der Waals surface area contributed by atoms with Gasteiger partial charge in [-0.1, -0.05) is 44.2 Å². The highest BCUT2D eigenvalue weighted by atomic mass is 16.6. The lowest BCUT2D eigenvalue weighted by Crippen LogP contribution is -2.78. The lowest BCUT2D eigenvalue weighted by atomic mass is 9.48. The third kappa shape index (κ3) is 16.3. The van der Waals surface area contributed by atoms with Gasteiger partial charge in [-0.15, -0.1) is 10.2 Å². The van der Waals surface area contributed by atoms with Crippen LogP contribution in [-0.4, -0.2) is 208 Å². The molecule has 5 heterocycles. The van der Waals surface area contributed by atoms with Gasteiger partial charge in [-0.3, -0.25) is 24.3 Å². The minimum atomic E-state index is -1.08. The first-order valence-electron chi connectivity index (χ1n) is 30.3. The SMILES string of the molecule is CC.CCC(CO)(COCc1cn(CCOCCOCCC(=O)O)nn1)COCC(CC)(CO)COCc1cn(CCOCCOCCC(=O)Oc2ccc3c4c2O[C@H]2[C@H](NC(=O)c5ccncc5)CC[C@@]5(O)C(C3)N(CC3CC3)CCC425)nn1. The van der Waals surface area contributed by atoms with E-state index in [-0.39, 0.29) is 104 Å². The minimum Gasteiger partial charge on any atom is -0.483 e. The van der Waals surface area contributed by atoms with Gasteiger partial charge in [0, 0.05) is 46.9 Å². The zero-order valence-corrected chi connectivity index (χ0v) is 49.9. The molecule has 25 heteroatoms. The number of hydrogen-bond donors (Lipinski definition) is 5. The molecule has 7 atom stereocenters. The number of aliphatic hydroxyl groups is 3. The molecule has 3 aliphatic carbocycles. The van der Waals surface area contributed by atoms with Crippen LogP contribution >= 0.6 is 0 Å². The van der Waals surface area contributed by atoms with Gasteiger partial charge in [0.2, 0.25) is 0 Å². The summed E-state index contributed by atoms with van der Waals surface area (Å²) in [5.41, 5.74) is 0.502. The van der Waals surface area contributed by atoms with E-state index in [4.69, 9.17) is 47.7 Å². The number of hydrogen-bond acceptors (Lipinski definition) is 21. The van der Waals surface area contributed by atoms with Crippen molar-refractivity contribution in [2.24, 2.45) is 16.7 Å². The van der Waals surface area contributed by atoms with E-state index in [9.17, 15) is 29.7 Å². The third-order valence-corrected chi connectivity index (χ3v) is 17.3. The number of piperidine rings is 1. The lowest BCUT2D eigenvalue weighted by Gasteiger charge is -2.64. The highest BCUT2D eigenvalue weighted by Crippen LogP contribution is 2.65. The molecule has 4 aromatic rings. The molecular weight excluding hydrogens is 1100 g/mol. The Morgan fingerprint density at radius 2 is 1.31 bits per heavy atom. The number of aliphatic hydroxyl groups excluding tert-OH is 2. The Morgan fingerprint density at radius 1 is 0.729 bits per heavy atom. The molecule has 25 nitrogen and oxygen atoms in total. The molecule has 0 radical (unpaired) electrons. The van der Waals surface area contributed by atoms with Crippen molar-refractivity contribution in [1.29, 1.82) is 0 Å². The van der Waals surface area contributed by atoms with Crippen LogP contribution in [0, 0.1) is 16.7 Å². The van der Waals surface area contributed by atoms with Crippen LogP contribution in [0.5, 0.6) is 11.5 Å². The normalized spacial score (nSPS) is 22.6. The number of carbonyl (C=O) groups is 3. The number of pyridine rings is 1. The van der Waals surface area contributed by atoms with Crippen molar-refractivity contribution >= 4 is 17.8 Å². The zero-order valence-electron chi connectivity index (χ0n) is 49.9. The second-order valence-electron chi connectivity index (χ2n) is 22.9. The van der Waals surface area contributed by atoms with E-state index < -0.39 is 39.9 Å². The largest absolute Gasteiger partial charge is 0.483 e. The molecule has 3 aromatic heterocycles. The van der Waals surface area contributed by atoms with E-state index in [1.165, 1.54) is 12.8 Å². The Kier molecular flexibility index (Phi) is 24.1. The quantitative estimate of drug-likeness (QED) is 0.0242. The van der Waals surface area contributed by atoms with Crippen molar-refractivity contribution in [3.8, 4) is 11.5 Å². The molecule has 2 saturated carbocycles. The maximum atomic E-state index is 13.5. The average molecular weight is 1190 g/mol. The number of aliphatic carboxylic acids is 1. The number of ether oxygens (including phenoxy) is 9. The number of benzene rings is 1.